The van der Waals surface area contributed by atoms with Gasteiger partial charge in [-0.2, -0.15) is 0 Å². The molecule has 0 radical (unpaired) electrons. The van der Waals surface area contributed by atoms with Crippen molar-refractivity contribution in [2.45, 2.75) is 6.54 Å². The molecule has 0 fully saturated rings. The monoisotopic (exact) mass is 186 g/mol. The molecule has 2 aromatic heterocycles. The Labute approximate surface area is 81.8 Å². The molecule has 0 saturated carbocycles. The van der Waals surface area contributed by atoms with E-state index in [9.17, 15) is 0 Å². The lowest BCUT2D eigenvalue weighted by atomic mass is 10.3. The van der Waals surface area contributed by atoms with Gasteiger partial charge in [0.15, 0.2) is 0 Å². The summed E-state index contributed by atoms with van der Waals surface area (Å²) in [5.41, 5.74) is 1.86. The molecule has 0 amide bonds. The van der Waals surface area contributed by atoms with Gasteiger partial charge < -0.3 is 4.98 Å². The SMILES string of the molecule is C(=NCc1ccccn1)c1cnc[nH]1. The van der Waals surface area contributed by atoms with E-state index >= 15 is 0 Å². The summed E-state index contributed by atoms with van der Waals surface area (Å²) < 4.78 is 0. The second kappa shape index (κ2) is 4.32. The Kier molecular flexibility index (Phi) is 2.66. The summed E-state index contributed by atoms with van der Waals surface area (Å²) in [5.74, 6) is 0. The molecule has 0 spiro atoms. The van der Waals surface area contributed by atoms with Crippen LogP contribution in [0.5, 0.6) is 0 Å². The molecule has 4 heteroatoms. The molecule has 14 heavy (non-hydrogen) atoms. The third-order valence-corrected chi connectivity index (χ3v) is 1.73. The van der Waals surface area contributed by atoms with Gasteiger partial charge in [0.2, 0.25) is 0 Å². The summed E-state index contributed by atoms with van der Waals surface area (Å²) in [5, 5.41) is 0. The zero-order chi connectivity index (χ0) is 9.64. The Morgan fingerprint density at radius 2 is 2.43 bits per heavy atom. The molecule has 0 atom stereocenters. The van der Waals surface area contributed by atoms with Gasteiger partial charge in [-0.15, -0.1) is 0 Å². The molecule has 2 heterocycles. The van der Waals surface area contributed by atoms with Crippen molar-refractivity contribution in [3.05, 3.63) is 48.3 Å². The zero-order valence-corrected chi connectivity index (χ0v) is 7.59. The second-order valence-electron chi connectivity index (χ2n) is 2.80. The van der Waals surface area contributed by atoms with E-state index in [4.69, 9.17) is 0 Å². The van der Waals surface area contributed by atoms with E-state index in [1.807, 2.05) is 18.2 Å². The van der Waals surface area contributed by atoms with Gasteiger partial charge in [0.05, 0.1) is 30.5 Å². The van der Waals surface area contributed by atoms with Crippen LogP contribution in [0.25, 0.3) is 0 Å². The van der Waals surface area contributed by atoms with E-state index < -0.39 is 0 Å². The minimum Gasteiger partial charge on any atom is -0.344 e. The van der Waals surface area contributed by atoms with Crippen LogP contribution < -0.4 is 0 Å². The summed E-state index contributed by atoms with van der Waals surface area (Å²) in [6.45, 7) is 0.597. The molecule has 70 valence electrons. The minimum absolute atomic E-state index is 0.597. The van der Waals surface area contributed by atoms with Crippen molar-refractivity contribution in [3.63, 3.8) is 0 Å². The number of nitrogens with one attached hydrogen (secondary N) is 1. The van der Waals surface area contributed by atoms with Gasteiger partial charge >= 0.3 is 0 Å². The number of aromatic amines is 1. The topological polar surface area (TPSA) is 53.9 Å². The quantitative estimate of drug-likeness (QED) is 0.737. The van der Waals surface area contributed by atoms with Gasteiger partial charge in [-0.25, -0.2) is 4.98 Å². The summed E-state index contributed by atoms with van der Waals surface area (Å²) in [6, 6.07) is 5.79. The number of hydrogen-bond acceptors (Lipinski definition) is 3. The van der Waals surface area contributed by atoms with Crippen molar-refractivity contribution < 1.29 is 0 Å². The molecular weight excluding hydrogens is 176 g/mol. The Morgan fingerprint density at radius 3 is 3.14 bits per heavy atom. The zero-order valence-electron chi connectivity index (χ0n) is 7.59. The smallest absolute Gasteiger partial charge is 0.0924 e. The van der Waals surface area contributed by atoms with Crippen LogP contribution in [0.15, 0.2) is 41.9 Å². The largest absolute Gasteiger partial charge is 0.344 e. The van der Waals surface area contributed by atoms with E-state index in [0.717, 1.165) is 11.4 Å². The van der Waals surface area contributed by atoms with Crippen molar-refractivity contribution >= 4 is 6.21 Å². The van der Waals surface area contributed by atoms with Crippen molar-refractivity contribution in [2.75, 3.05) is 0 Å². The Morgan fingerprint density at radius 1 is 1.43 bits per heavy atom. The molecule has 2 aromatic rings. The van der Waals surface area contributed by atoms with Crippen molar-refractivity contribution in [2.24, 2.45) is 4.99 Å². The first kappa shape index (κ1) is 8.62. The lowest BCUT2D eigenvalue weighted by Crippen LogP contribution is -1.87. The van der Waals surface area contributed by atoms with Gasteiger partial charge in [0, 0.05) is 12.4 Å². The normalized spacial score (nSPS) is 10.9. The number of H-pyrrole nitrogens is 1. The Balaban J connectivity index is 1.95. The van der Waals surface area contributed by atoms with Crippen LogP contribution in [-0.4, -0.2) is 21.2 Å². The lowest BCUT2D eigenvalue weighted by Gasteiger charge is -1.92. The van der Waals surface area contributed by atoms with Crippen LogP contribution in [-0.2, 0) is 6.54 Å². The Bertz CT molecular complexity index is 391. The highest BCUT2D eigenvalue weighted by atomic mass is 14.9. The van der Waals surface area contributed by atoms with Gasteiger partial charge in [0.1, 0.15) is 0 Å². The standard InChI is InChI=1S/C10H10N4/c1-2-4-13-9(3-1)5-11-6-10-7-12-8-14-10/h1-4,6-8H,5H2,(H,12,14). The molecule has 4 nitrogen and oxygen atoms in total. The van der Waals surface area contributed by atoms with Gasteiger partial charge in [0.25, 0.3) is 0 Å². The minimum atomic E-state index is 0.597. The van der Waals surface area contributed by atoms with Crippen molar-refractivity contribution in [1.82, 2.24) is 15.0 Å². The highest BCUT2D eigenvalue weighted by Crippen LogP contribution is 1.95. The Hall–Kier alpha value is -1.97. The van der Waals surface area contributed by atoms with Crippen LogP contribution in [0.2, 0.25) is 0 Å². The number of aliphatic imine (C=N–C) groups is 1. The molecule has 0 aromatic carbocycles. The third kappa shape index (κ3) is 2.26. The molecule has 0 aliphatic heterocycles. The van der Waals surface area contributed by atoms with Gasteiger partial charge in [-0.3, -0.25) is 9.98 Å². The van der Waals surface area contributed by atoms with Crippen LogP contribution >= 0.6 is 0 Å². The molecule has 0 unspecified atom stereocenters. The molecule has 0 bridgehead atoms. The van der Waals surface area contributed by atoms with Crippen LogP contribution in [0.3, 0.4) is 0 Å². The van der Waals surface area contributed by atoms with Crippen LogP contribution in [0.4, 0.5) is 0 Å². The first-order chi connectivity index (χ1) is 6.95. The summed E-state index contributed by atoms with van der Waals surface area (Å²) in [6.07, 6.45) is 6.87. The third-order valence-electron chi connectivity index (χ3n) is 1.73. The number of pyridine rings is 1. The van der Waals surface area contributed by atoms with E-state index in [1.165, 1.54) is 0 Å². The fourth-order valence-corrected chi connectivity index (χ4v) is 1.07. The summed E-state index contributed by atoms with van der Waals surface area (Å²) in [4.78, 5) is 15.2. The first-order valence-electron chi connectivity index (χ1n) is 4.33. The highest BCUT2D eigenvalue weighted by Gasteiger charge is 1.89. The summed E-state index contributed by atoms with van der Waals surface area (Å²) >= 11 is 0. The fraction of sp³-hybridized carbons (Fsp3) is 0.100. The highest BCUT2D eigenvalue weighted by molar-refractivity contribution is 5.76. The van der Waals surface area contributed by atoms with Crippen molar-refractivity contribution in [1.29, 1.82) is 0 Å². The fourth-order valence-electron chi connectivity index (χ4n) is 1.07. The molecule has 0 saturated heterocycles. The van der Waals surface area contributed by atoms with Crippen LogP contribution in [0, 0.1) is 0 Å². The molecule has 1 N–H and O–H groups in total. The number of nitrogens with zero attached hydrogens (tertiary/aromatic N) is 3. The lowest BCUT2D eigenvalue weighted by molar-refractivity contribution is 0.994. The molecule has 0 aliphatic rings. The van der Waals surface area contributed by atoms with Gasteiger partial charge in [-0.05, 0) is 12.1 Å². The predicted molar refractivity (Wildman–Crippen MR) is 54.1 cm³/mol. The first-order valence-corrected chi connectivity index (χ1v) is 4.33. The van der Waals surface area contributed by atoms with E-state index in [0.29, 0.717) is 6.54 Å². The average molecular weight is 186 g/mol. The number of imidazole rings is 1. The number of aromatic nitrogens is 3. The second-order valence-corrected chi connectivity index (χ2v) is 2.80. The number of rotatable bonds is 3. The average Bonchev–Trinajstić information content (AvgIpc) is 2.72. The summed E-state index contributed by atoms with van der Waals surface area (Å²) in [7, 11) is 0. The van der Waals surface area contributed by atoms with Gasteiger partial charge in [-0.1, -0.05) is 6.07 Å². The molecular formula is C10H10N4. The molecule has 0 aliphatic carbocycles. The maximum Gasteiger partial charge on any atom is 0.0924 e. The van der Waals surface area contributed by atoms with Crippen molar-refractivity contribution in [3.8, 4) is 0 Å². The van der Waals surface area contributed by atoms with E-state index in [-0.39, 0.29) is 0 Å². The van der Waals surface area contributed by atoms with E-state index in [1.54, 1.807) is 24.9 Å². The number of hydrogen-bond donors (Lipinski definition) is 1. The maximum absolute atomic E-state index is 4.23. The maximum atomic E-state index is 4.23. The van der Waals surface area contributed by atoms with E-state index in [2.05, 4.69) is 19.9 Å². The molecule has 2 rings (SSSR count). The van der Waals surface area contributed by atoms with Crippen LogP contribution in [0.1, 0.15) is 11.4 Å². The predicted octanol–water partition coefficient (Wildman–Crippen LogP) is 1.42.